The summed E-state index contributed by atoms with van der Waals surface area (Å²) in [7, 11) is 0. The Morgan fingerprint density at radius 3 is 2.11 bits per heavy atom. The molecule has 0 aliphatic heterocycles. The average Bonchev–Trinajstić information content (AvgIpc) is 3.13. The van der Waals surface area contributed by atoms with Crippen molar-refractivity contribution in [3.63, 3.8) is 0 Å². The number of carbonyl (C=O) groups excluding carboxylic acids is 1. The minimum atomic E-state index is -0.304. The molecule has 3 aromatic carbocycles. The van der Waals surface area contributed by atoms with E-state index in [9.17, 15) is 4.79 Å². The number of nitrogens with zero attached hydrogens (tertiary/aromatic N) is 4. The zero-order valence-corrected chi connectivity index (χ0v) is 19.7. The molecule has 5 rings (SSSR count). The van der Waals surface area contributed by atoms with Gasteiger partial charge in [0.15, 0.2) is 11.6 Å². The van der Waals surface area contributed by atoms with Crippen LogP contribution in [-0.4, -0.2) is 26.0 Å². The average molecular weight is 464 g/mol. The molecule has 5 aromatic rings. The fraction of sp³-hybridized carbons (Fsp3) is 0.111. The quantitative estimate of drug-likeness (QED) is 0.291. The zero-order valence-electron chi connectivity index (χ0n) is 19.7. The molecule has 2 aromatic heterocycles. The maximum Gasteiger partial charge on any atom is 0.323 e. The number of hydrogen-bond donors (Lipinski definition) is 3. The molecule has 35 heavy (non-hydrogen) atoms. The number of carbonyl (C=O) groups is 1. The van der Waals surface area contributed by atoms with Crippen molar-refractivity contribution >= 4 is 39.7 Å². The lowest BCUT2D eigenvalue weighted by Crippen LogP contribution is -2.19. The minimum absolute atomic E-state index is 0.304. The highest BCUT2D eigenvalue weighted by Gasteiger charge is 2.10. The predicted octanol–water partition coefficient (Wildman–Crippen LogP) is 6.13. The van der Waals surface area contributed by atoms with Crippen molar-refractivity contribution < 1.29 is 4.79 Å². The van der Waals surface area contributed by atoms with Crippen molar-refractivity contribution in [2.45, 2.75) is 20.8 Å². The largest absolute Gasteiger partial charge is 0.339 e. The smallest absolute Gasteiger partial charge is 0.323 e. The fourth-order valence-corrected chi connectivity index (χ4v) is 3.79. The summed E-state index contributed by atoms with van der Waals surface area (Å²) in [6.45, 7) is 6.04. The molecule has 0 spiro atoms. The Morgan fingerprint density at radius 2 is 1.43 bits per heavy atom. The predicted molar refractivity (Wildman–Crippen MR) is 140 cm³/mol. The lowest BCUT2D eigenvalue weighted by molar-refractivity contribution is 0.262. The zero-order chi connectivity index (χ0) is 24.4. The molecule has 3 N–H and O–H groups in total. The normalized spacial score (nSPS) is 10.8. The van der Waals surface area contributed by atoms with Crippen LogP contribution in [0.3, 0.4) is 0 Å². The Labute approximate surface area is 203 Å². The molecule has 0 bridgehead atoms. The summed E-state index contributed by atoms with van der Waals surface area (Å²) in [4.78, 5) is 12.4. The van der Waals surface area contributed by atoms with E-state index in [1.807, 2.05) is 99.6 Å². The lowest BCUT2D eigenvalue weighted by Gasteiger charge is -2.10. The second-order valence-electron chi connectivity index (χ2n) is 8.33. The standard InChI is InChI=1S/C27H25N7O/c1-17-18(2)33-34(19(17)3)26-15-14-25(31-32-26)28-22-10-12-23(13-11-22)29-27(35)30-24-9-8-20-6-4-5-7-21(20)16-24/h4-16H,1-3H3,(H,28,31)(H2,29,30,35). The highest BCUT2D eigenvalue weighted by Crippen LogP contribution is 2.21. The minimum Gasteiger partial charge on any atom is -0.339 e. The number of rotatable bonds is 5. The number of hydrogen-bond acceptors (Lipinski definition) is 5. The van der Waals surface area contributed by atoms with Crippen molar-refractivity contribution in [3.8, 4) is 5.82 Å². The fourth-order valence-electron chi connectivity index (χ4n) is 3.79. The molecule has 0 atom stereocenters. The number of anilines is 4. The first-order chi connectivity index (χ1) is 17.0. The molecule has 8 nitrogen and oxygen atoms in total. The molecular formula is C27H25N7O. The summed E-state index contributed by atoms with van der Waals surface area (Å²) in [5.41, 5.74) is 5.41. The van der Waals surface area contributed by atoms with E-state index in [-0.39, 0.29) is 6.03 Å². The molecule has 0 unspecified atom stereocenters. The summed E-state index contributed by atoms with van der Waals surface area (Å²) in [5.74, 6) is 1.28. The second kappa shape index (κ2) is 9.26. The molecule has 2 heterocycles. The summed E-state index contributed by atoms with van der Waals surface area (Å²) < 4.78 is 1.80. The Kier molecular flexibility index (Phi) is 5.85. The number of amides is 2. The summed E-state index contributed by atoms with van der Waals surface area (Å²) in [6.07, 6.45) is 0. The molecule has 0 saturated carbocycles. The maximum atomic E-state index is 12.4. The highest BCUT2D eigenvalue weighted by molar-refractivity contribution is 6.01. The molecule has 0 fully saturated rings. The van der Waals surface area contributed by atoms with Crippen LogP contribution < -0.4 is 16.0 Å². The van der Waals surface area contributed by atoms with E-state index in [0.29, 0.717) is 17.3 Å². The van der Waals surface area contributed by atoms with E-state index in [4.69, 9.17) is 0 Å². The Morgan fingerprint density at radius 1 is 0.743 bits per heavy atom. The highest BCUT2D eigenvalue weighted by atomic mass is 16.2. The Hall–Kier alpha value is -4.72. The first-order valence-corrected chi connectivity index (χ1v) is 11.3. The van der Waals surface area contributed by atoms with Crippen LogP contribution in [0.5, 0.6) is 0 Å². The van der Waals surface area contributed by atoms with Gasteiger partial charge in [0, 0.05) is 22.8 Å². The van der Waals surface area contributed by atoms with Crippen molar-refractivity contribution in [2.75, 3.05) is 16.0 Å². The third-order valence-electron chi connectivity index (χ3n) is 5.94. The molecule has 0 saturated heterocycles. The molecule has 0 aliphatic carbocycles. The van der Waals surface area contributed by atoms with Crippen LogP contribution in [0.4, 0.5) is 27.7 Å². The van der Waals surface area contributed by atoms with Gasteiger partial charge in [-0.25, -0.2) is 9.48 Å². The molecular weight excluding hydrogens is 438 g/mol. The van der Waals surface area contributed by atoms with E-state index in [1.54, 1.807) is 4.68 Å². The third kappa shape index (κ3) is 4.81. The van der Waals surface area contributed by atoms with Gasteiger partial charge in [-0.05, 0) is 85.6 Å². The van der Waals surface area contributed by atoms with Gasteiger partial charge in [0.1, 0.15) is 0 Å². The monoisotopic (exact) mass is 463 g/mol. The second-order valence-corrected chi connectivity index (χ2v) is 8.33. The van der Waals surface area contributed by atoms with Crippen LogP contribution in [0, 0.1) is 20.8 Å². The van der Waals surface area contributed by atoms with Crippen LogP contribution in [0.15, 0.2) is 78.9 Å². The number of aromatic nitrogens is 4. The summed E-state index contributed by atoms with van der Waals surface area (Å²) in [5, 5.41) is 24.2. The number of urea groups is 1. The van der Waals surface area contributed by atoms with Crippen molar-refractivity contribution in [3.05, 3.63) is 95.8 Å². The van der Waals surface area contributed by atoms with Crippen LogP contribution in [0.2, 0.25) is 0 Å². The molecule has 0 radical (unpaired) electrons. The van der Waals surface area contributed by atoms with Gasteiger partial charge in [-0.1, -0.05) is 30.3 Å². The van der Waals surface area contributed by atoms with Gasteiger partial charge >= 0.3 is 6.03 Å². The van der Waals surface area contributed by atoms with E-state index in [1.165, 1.54) is 0 Å². The first-order valence-electron chi connectivity index (χ1n) is 11.3. The molecule has 8 heteroatoms. The van der Waals surface area contributed by atoms with E-state index in [2.05, 4.69) is 31.2 Å². The first kappa shape index (κ1) is 22.1. The van der Waals surface area contributed by atoms with Crippen molar-refractivity contribution in [2.24, 2.45) is 0 Å². The third-order valence-corrected chi connectivity index (χ3v) is 5.94. The Bertz CT molecular complexity index is 1510. The van der Waals surface area contributed by atoms with E-state index >= 15 is 0 Å². The van der Waals surface area contributed by atoms with Gasteiger partial charge in [-0.2, -0.15) is 5.10 Å². The summed E-state index contributed by atoms with van der Waals surface area (Å²) >= 11 is 0. The lowest BCUT2D eigenvalue weighted by atomic mass is 10.1. The Balaban J connectivity index is 1.20. The van der Waals surface area contributed by atoms with Crippen molar-refractivity contribution in [1.82, 2.24) is 20.0 Å². The topological polar surface area (TPSA) is 96.8 Å². The molecule has 2 amide bonds. The van der Waals surface area contributed by atoms with Crippen LogP contribution >= 0.6 is 0 Å². The maximum absolute atomic E-state index is 12.4. The van der Waals surface area contributed by atoms with Crippen LogP contribution in [-0.2, 0) is 0 Å². The number of benzene rings is 3. The van der Waals surface area contributed by atoms with Gasteiger partial charge in [-0.15, -0.1) is 10.2 Å². The van der Waals surface area contributed by atoms with Gasteiger partial charge in [-0.3, -0.25) is 0 Å². The summed E-state index contributed by atoms with van der Waals surface area (Å²) in [6, 6.07) is 24.7. The van der Waals surface area contributed by atoms with E-state index in [0.717, 1.165) is 39.1 Å². The SMILES string of the molecule is Cc1nn(-c2ccc(Nc3ccc(NC(=O)Nc4ccc5ccccc5c4)cc3)nn2)c(C)c1C. The van der Waals surface area contributed by atoms with Gasteiger partial charge in [0.05, 0.1) is 5.69 Å². The van der Waals surface area contributed by atoms with Gasteiger partial charge in [0.2, 0.25) is 0 Å². The molecule has 174 valence electrons. The van der Waals surface area contributed by atoms with Crippen LogP contribution in [0.1, 0.15) is 17.0 Å². The number of aryl methyl sites for hydroxylation is 1. The van der Waals surface area contributed by atoms with Gasteiger partial charge < -0.3 is 16.0 Å². The van der Waals surface area contributed by atoms with Crippen molar-refractivity contribution in [1.29, 1.82) is 0 Å². The van der Waals surface area contributed by atoms with Gasteiger partial charge in [0.25, 0.3) is 0 Å². The number of fused-ring (bicyclic) bond motifs is 1. The van der Waals surface area contributed by atoms with E-state index < -0.39 is 0 Å². The van der Waals surface area contributed by atoms with Crippen LogP contribution in [0.25, 0.3) is 16.6 Å². The molecule has 0 aliphatic rings. The number of nitrogens with one attached hydrogen (secondary N) is 3.